The molecule has 0 spiro atoms. The SMILES string of the molecule is CC.Cc1nc2n(n1)CC[N-]C2.[Rb+]. The van der Waals surface area contributed by atoms with Gasteiger partial charge < -0.3 is 5.32 Å². The molecule has 0 aliphatic carbocycles. The second-order valence-corrected chi connectivity index (χ2v) is 2.40. The fourth-order valence-corrected chi connectivity index (χ4v) is 1.14. The van der Waals surface area contributed by atoms with Crippen LogP contribution in [0, 0.1) is 6.92 Å². The van der Waals surface area contributed by atoms with Gasteiger partial charge in [-0.05, 0) is 6.92 Å². The number of rotatable bonds is 0. The first-order valence-electron chi connectivity index (χ1n) is 4.40. The van der Waals surface area contributed by atoms with Gasteiger partial charge in [0.2, 0.25) is 0 Å². The third kappa shape index (κ3) is 3.87. The minimum absolute atomic E-state index is 0. The normalized spacial score (nSPS) is 13.5. The molecule has 0 amide bonds. The quantitative estimate of drug-likeness (QED) is 0.565. The molecular weight excluding hydrogens is 238 g/mol. The molecule has 1 aromatic heterocycles. The Bertz CT molecular complexity index is 223. The van der Waals surface area contributed by atoms with E-state index in [1.54, 1.807) is 0 Å². The Morgan fingerprint density at radius 2 is 2.08 bits per heavy atom. The van der Waals surface area contributed by atoms with Crippen molar-refractivity contribution in [3.05, 3.63) is 17.0 Å². The van der Waals surface area contributed by atoms with Gasteiger partial charge >= 0.3 is 58.2 Å². The molecule has 0 bridgehead atoms. The number of nitrogens with zero attached hydrogens (tertiary/aromatic N) is 4. The monoisotopic (exact) mass is 252 g/mol. The summed E-state index contributed by atoms with van der Waals surface area (Å²) in [4.78, 5) is 4.21. The number of hydrogen-bond donors (Lipinski definition) is 0. The maximum Gasteiger partial charge on any atom is 1.00 e. The van der Waals surface area contributed by atoms with E-state index in [0.717, 1.165) is 31.3 Å². The van der Waals surface area contributed by atoms with Crippen LogP contribution < -0.4 is 58.2 Å². The fourth-order valence-electron chi connectivity index (χ4n) is 1.14. The minimum Gasteiger partial charge on any atom is -0.654 e. The van der Waals surface area contributed by atoms with E-state index in [-0.39, 0.29) is 58.2 Å². The summed E-state index contributed by atoms with van der Waals surface area (Å²) < 4.78 is 1.93. The molecule has 4 nitrogen and oxygen atoms in total. The van der Waals surface area contributed by atoms with Crippen LogP contribution in [0.3, 0.4) is 0 Å². The molecule has 5 heteroatoms. The van der Waals surface area contributed by atoms with Crippen LogP contribution in [0.4, 0.5) is 0 Å². The van der Waals surface area contributed by atoms with Gasteiger partial charge in [-0.2, -0.15) is 5.10 Å². The Morgan fingerprint density at radius 1 is 1.38 bits per heavy atom. The molecule has 2 heterocycles. The minimum atomic E-state index is 0. The molecule has 0 saturated carbocycles. The zero-order valence-electron chi connectivity index (χ0n) is 8.91. The van der Waals surface area contributed by atoms with E-state index in [2.05, 4.69) is 15.4 Å². The fraction of sp³-hybridized carbons (Fsp3) is 0.750. The summed E-state index contributed by atoms with van der Waals surface area (Å²) in [6, 6.07) is 0. The van der Waals surface area contributed by atoms with Crippen molar-refractivity contribution in [2.45, 2.75) is 33.9 Å². The van der Waals surface area contributed by atoms with E-state index in [1.165, 1.54) is 0 Å². The maximum absolute atomic E-state index is 4.21. The van der Waals surface area contributed by atoms with E-state index in [0.29, 0.717) is 0 Å². The smallest absolute Gasteiger partial charge is 0.654 e. The molecule has 0 unspecified atom stereocenters. The van der Waals surface area contributed by atoms with Crippen LogP contribution in [0.5, 0.6) is 0 Å². The number of hydrogen-bond acceptors (Lipinski definition) is 2. The van der Waals surface area contributed by atoms with Crippen molar-refractivity contribution in [1.29, 1.82) is 0 Å². The molecular formula is C8H15N4Rb. The molecule has 0 saturated heterocycles. The Hall–Kier alpha value is 0.905. The zero-order valence-corrected chi connectivity index (χ0v) is 13.8. The van der Waals surface area contributed by atoms with Crippen LogP contribution >= 0.6 is 0 Å². The number of aromatic nitrogens is 3. The van der Waals surface area contributed by atoms with Crippen LogP contribution in [0.1, 0.15) is 25.5 Å². The van der Waals surface area contributed by atoms with Gasteiger partial charge in [0.1, 0.15) is 11.6 Å². The molecule has 0 aromatic carbocycles. The van der Waals surface area contributed by atoms with Gasteiger partial charge in [0.15, 0.2) is 0 Å². The maximum atomic E-state index is 4.21. The van der Waals surface area contributed by atoms with Gasteiger partial charge in [0, 0.05) is 6.54 Å². The third-order valence-electron chi connectivity index (χ3n) is 1.58. The van der Waals surface area contributed by atoms with Crippen molar-refractivity contribution < 1.29 is 58.2 Å². The van der Waals surface area contributed by atoms with Gasteiger partial charge in [0.25, 0.3) is 0 Å². The van der Waals surface area contributed by atoms with E-state index < -0.39 is 0 Å². The van der Waals surface area contributed by atoms with Crippen LogP contribution in [0.25, 0.3) is 5.32 Å². The average Bonchev–Trinajstić information content (AvgIpc) is 2.48. The van der Waals surface area contributed by atoms with Crippen molar-refractivity contribution in [2.24, 2.45) is 0 Å². The van der Waals surface area contributed by atoms with Crippen molar-refractivity contribution >= 4 is 0 Å². The Balaban J connectivity index is 0.000000451. The molecule has 68 valence electrons. The van der Waals surface area contributed by atoms with Gasteiger partial charge in [0.05, 0.1) is 0 Å². The molecule has 0 radical (unpaired) electrons. The number of fused-ring (bicyclic) bond motifs is 1. The second-order valence-electron chi connectivity index (χ2n) is 2.40. The van der Waals surface area contributed by atoms with E-state index >= 15 is 0 Å². The van der Waals surface area contributed by atoms with Gasteiger partial charge in [-0.25, -0.2) is 4.98 Å². The molecule has 2 rings (SSSR count). The van der Waals surface area contributed by atoms with Gasteiger partial charge in [-0.3, -0.25) is 4.68 Å². The van der Waals surface area contributed by atoms with Gasteiger partial charge in [-0.15, -0.1) is 6.54 Å². The van der Waals surface area contributed by atoms with Crippen LogP contribution in [-0.2, 0) is 13.1 Å². The Morgan fingerprint density at radius 3 is 2.69 bits per heavy atom. The predicted octanol–water partition coefficient (Wildman–Crippen LogP) is -1.50. The second kappa shape index (κ2) is 7.23. The summed E-state index contributed by atoms with van der Waals surface area (Å²) in [7, 11) is 0. The topological polar surface area (TPSA) is 44.8 Å². The van der Waals surface area contributed by atoms with Crippen molar-refractivity contribution in [2.75, 3.05) is 6.54 Å². The van der Waals surface area contributed by atoms with Crippen LogP contribution in [0.15, 0.2) is 0 Å². The largest absolute Gasteiger partial charge is 1.00 e. The van der Waals surface area contributed by atoms with Crippen LogP contribution in [-0.4, -0.2) is 21.3 Å². The summed E-state index contributed by atoms with van der Waals surface area (Å²) in [5.41, 5.74) is 0. The van der Waals surface area contributed by atoms with Crippen molar-refractivity contribution in [3.8, 4) is 0 Å². The standard InChI is InChI=1S/C6H9N4.C2H6.Rb/c1-5-8-6-4-7-2-3-10(6)9-5;1-2;/h2-4H2,1H3;1-2H3;/q-1;;+1. The summed E-state index contributed by atoms with van der Waals surface area (Å²) in [6.07, 6.45) is 0. The van der Waals surface area contributed by atoms with E-state index in [9.17, 15) is 0 Å². The summed E-state index contributed by atoms with van der Waals surface area (Å²) in [5.74, 6) is 1.86. The first-order valence-corrected chi connectivity index (χ1v) is 4.40. The molecule has 1 aliphatic rings. The zero-order chi connectivity index (χ0) is 8.97. The van der Waals surface area contributed by atoms with Crippen molar-refractivity contribution in [3.63, 3.8) is 0 Å². The number of aryl methyl sites for hydroxylation is 1. The summed E-state index contributed by atoms with van der Waals surface area (Å²) in [6.45, 7) is 8.43. The van der Waals surface area contributed by atoms with Crippen molar-refractivity contribution in [1.82, 2.24) is 14.8 Å². The Labute approximate surface area is 128 Å². The molecule has 1 aliphatic heterocycles. The molecule has 0 atom stereocenters. The van der Waals surface area contributed by atoms with E-state index in [4.69, 9.17) is 0 Å². The first kappa shape index (κ1) is 13.9. The Kier molecular flexibility index (Phi) is 7.73. The van der Waals surface area contributed by atoms with E-state index in [1.807, 2.05) is 25.5 Å². The predicted molar refractivity (Wildman–Crippen MR) is 48.0 cm³/mol. The van der Waals surface area contributed by atoms with Crippen LogP contribution in [0.2, 0.25) is 0 Å². The summed E-state index contributed by atoms with van der Waals surface area (Å²) in [5, 5.41) is 8.41. The summed E-state index contributed by atoms with van der Waals surface area (Å²) >= 11 is 0. The molecule has 1 aromatic rings. The first-order chi connectivity index (χ1) is 5.86. The third-order valence-corrected chi connectivity index (χ3v) is 1.58. The molecule has 0 N–H and O–H groups in total. The molecule has 0 fully saturated rings. The molecule has 13 heavy (non-hydrogen) atoms. The average molecular weight is 253 g/mol. The van der Waals surface area contributed by atoms with Gasteiger partial charge in [-0.1, -0.05) is 20.4 Å².